The number of anilines is 1. The van der Waals surface area contributed by atoms with Gasteiger partial charge in [-0.3, -0.25) is 0 Å². The molecule has 0 saturated heterocycles. The highest BCUT2D eigenvalue weighted by molar-refractivity contribution is 9.10. The van der Waals surface area contributed by atoms with Gasteiger partial charge in [0.25, 0.3) is 0 Å². The van der Waals surface area contributed by atoms with E-state index in [2.05, 4.69) is 45.5 Å². The third-order valence-electron chi connectivity index (χ3n) is 2.36. The van der Waals surface area contributed by atoms with Crippen molar-refractivity contribution in [1.29, 1.82) is 0 Å². The molecule has 0 aliphatic carbocycles. The first kappa shape index (κ1) is 13.8. The van der Waals surface area contributed by atoms with Crippen LogP contribution >= 0.6 is 39.3 Å². The second-order valence-corrected chi connectivity index (χ2v) is 6.15. The number of thioether (sulfide) groups is 1. The van der Waals surface area contributed by atoms with Gasteiger partial charge in [-0.2, -0.15) is 0 Å². The molecule has 94 valence electrons. The van der Waals surface area contributed by atoms with Gasteiger partial charge in [-0.1, -0.05) is 29.8 Å². The standard InChI is InChI=1S/C14H13BrClNS/c15-13-7-6-11(10-14(13)16)17-8-9-18-12-4-2-1-3-5-12/h1-7,10,17H,8-9H2. The number of rotatable bonds is 5. The molecular formula is C14H13BrClNS. The molecule has 0 aliphatic heterocycles. The Bertz CT molecular complexity index is 504. The molecule has 0 amide bonds. The van der Waals surface area contributed by atoms with Crippen molar-refractivity contribution in [3.05, 3.63) is 58.0 Å². The summed E-state index contributed by atoms with van der Waals surface area (Å²) in [4.78, 5) is 1.30. The van der Waals surface area contributed by atoms with Gasteiger partial charge in [0.15, 0.2) is 0 Å². The van der Waals surface area contributed by atoms with Gasteiger partial charge >= 0.3 is 0 Å². The molecular weight excluding hydrogens is 330 g/mol. The predicted molar refractivity (Wildman–Crippen MR) is 84.8 cm³/mol. The molecule has 1 nitrogen and oxygen atoms in total. The summed E-state index contributed by atoms with van der Waals surface area (Å²) in [7, 11) is 0. The molecule has 0 bridgehead atoms. The van der Waals surface area contributed by atoms with Crippen LogP contribution in [-0.2, 0) is 0 Å². The third-order valence-corrected chi connectivity index (χ3v) is 4.61. The number of hydrogen-bond acceptors (Lipinski definition) is 2. The monoisotopic (exact) mass is 341 g/mol. The van der Waals surface area contributed by atoms with Crippen LogP contribution in [0.2, 0.25) is 5.02 Å². The fourth-order valence-electron chi connectivity index (χ4n) is 1.49. The summed E-state index contributed by atoms with van der Waals surface area (Å²) in [5.74, 6) is 1.03. The van der Waals surface area contributed by atoms with Crippen LogP contribution in [0.5, 0.6) is 0 Å². The quantitative estimate of drug-likeness (QED) is 0.584. The minimum Gasteiger partial charge on any atom is -0.384 e. The van der Waals surface area contributed by atoms with Crippen LogP contribution in [0, 0.1) is 0 Å². The zero-order valence-corrected chi connectivity index (χ0v) is 12.9. The summed E-state index contributed by atoms with van der Waals surface area (Å²) in [5.41, 5.74) is 1.05. The fraction of sp³-hybridized carbons (Fsp3) is 0.143. The zero-order valence-electron chi connectivity index (χ0n) is 9.70. The Morgan fingerprint density at radius 3 is 2.61 bits per heavy atom. The highest BCUT2D eigenvalue weighted by Gasteiger charge is 1.98. The van der Waals surface area contributed by atoms with Crippen molar-refractivity contribution < 1.29 is 0 Å². The summed E-state index contributed by atoms with van der Waals surface area (Å²) < 4.78 is 0.924. The van der Waals surface area contributed by atoms with Crippen molar-refractivity contribution in [3.63, 3.8) is 0 Å². The lowest BCUT2D eigenvalue weighted by Crippen LogP contribution is -2.03. The second-order valence-electron chi connectivity index (χ2n) is 3.72. The second kappa shape index (κ2) is 7.07. The van der Waals surface area contributed by atoms with Crippen LogP contribution in [0.4, 0.5) is 5.69 Å². The molecule has 2 aromatic rings. The maximum Gasteiger partial charge on any atom is 0.0568 e. The van der Waals surface area contributed by atoms with E-state index in [0.29, 0.717) is 0 Å². The molecule has 2 aromatic carbocycles. The van der Waals surface area contributed by atoms with Crippen molar-refractivity contribution in [3.8, 4) is 0 Å². The highest BCUT2D eigenvalue weighted by Crippen LogP contribution is 2.25. The number of hydrogen-bond donors (Lipinski definition) is 1. The Kier molecular flexibility index (Phi) is 5.42. The summed E-state index contributed by atoms with van der Waals surface area (Å²) in [6.07, 6.45) is 0. The van der Waals surface area contributed by atoms with Gasteiger partial charge in [0.2, 0.25) is 0 Å². The Morgan fingerprint density at radius 1 is 1.11 bits per heavy atom. The van der Waals surface area contributed by atoms with E-state index in [4.69, 9.17) is 11.6 Å². The van der Waals surface area contributed by atoms with E-state index < -0.39 is 0 Å². The summed E-state index contributed by atoms with van der Waals surface area (Å²) in [5, 5.41) is 4.09. The first-order valence-electron chi connectivity index (χ1n) is 5.62. The zero-order chi connectivity index (χ0) is 12.8. The minimum atomic E-state index is 0.732. The van der Waals surface area contributed by atoms with Crippen LogP contribution in [0.1, 0.15) is 0 Å². The van der Waals surface area contributed by atoms with Gasteiger partial charge in [-0.05, 0) is 46.3 Å². The van der Waals surface area contributed by atoms with Gasteiger partial charge in [0.05, 0.1) is 5.02 Å². The minimum absolute atomic E-state index is 0.732. The number of benzene rings is 2. The smallest absolute Gasteiger partial charge is 0.0568 e. The largest absolute Gasteiger partial charge is 0.384 e. The van der Waals surface area contributed by atoms with Crippen molar-refractivity contribution in [2.45, 2.75) is 4.90 Å². The van der Waals surface area contributed by atoms with Crippen LogP contribution in [0.25, 0.3) is 0 Å². The van der Waals surface area contributed by atoms with E-state index in [0.717, 1.165) is 27.5 Å². The lowest BCUT2D eigenvalue weighted by atomic mass is 10.3. The Morgan fingerprint density at radius 2 is 1.89 bits per heavy atom. The van der Waals surface area contributed by atoms with Crippen molar-refractivity contribution >= 4 is 45.0 Å². The maximum absolute atomic E-state index is 6.03. The van der Waals surface area contributed by atoms with Crippen LogP contribution < -0.4 is 5.32 Å². The highest BCUT2D eigenvalue weighted by atomic mass is 79.9. The van der Waals surface area contributed by atoms with Gasteiger partial charge in [0.1, 0.15) is 0 Å². The summed E-state index contributed by atoms with van der Waals surface area (Å²) in [6.45, 7) is 0.914. The molecule has 0 fully saturated rings. The summed E-state index contributed by atoms with van der Waals surface area (Å²) in [6, 6.07) is 16.3. The van der Waals surface area contributed by atoms with Gasteiger partial charge in [-0.25, -0.2) is 0 Å². The van der Waals surface area contributed by atoms with Crippen LogP contribution in [0.15, 0.2) is 57.9 Å². The van der Waals surface area contributed by atoms with Crippen LogP contribution in [0.3, 0.4) is 0 Å². The Hall–Kier alpha value is -0.640. The molecule has 4 heteroatoms. The molecule has 0 aromatic heterocycles. The fourth-order valence-corrected chi connectivity index (χ4v) is 2.70. The van der Waals surface area contributed by atoms with E-state index in [-0.39, 0.29) is 0 Å². The molecule has 0 aliphatic rings. The SMILES string of the molecule is Clc1cc(NCCSc2ccccc2)ccc1Br. The maximum atomic E-state index is 6.03. The predicted octanol–water partition coefficient (Wildman–Crippen LogP) is 5.31. The van der Waals surface area contributed by atoms with Crippen molar-refractivity contribution in [2.75, 3.05) is 17.6 Å². The molecule has 1 N–H and O–H groups in total. The van der Waals surface area contributed by atoms with E-state index in [1.54, 1.807) is 0 Å². The molecule has 0 unspecified atom stereocenters. The molecule has 0 saturated carbocycles. The number of nitrogens with one attached hydrogen (secondary N) is 1. The van der Waals surface area contributed by atoms with Crippen molar-refractivity contribution in [1.82, 2.24) is 0 Å². The number of halogens is 2. The van der Waals surface area contributed by atoms with Gasteiger partial charge in [-0.15, -0.1) is 11.8 Å². The molecule has 0 spiro atoms. The Labute approximate surface area is 125 Å². The van der Waals surface area contributed by atoms with E-state index in [9.17, 15) is 0 Å². The molecule has 18 heavy (non-hydrogen) atoms. The van der Waals surface area contributed by atoms with Gasteiger partial charge in [0, 0.05) is 27.4 Å². The van der Waals surface area contributed by atoms with E-state index in [1.165, 1.54) is 4.90 Å². The average Bonchev–Trinajstić information content (AvgIpc) is 2.40. The van der Waals surface area contributed by atoms with Crippen LogP contribution in [-0.4, -0.2) is 12.3 Å². The third kappa shape index (κ3) is 4.23. The van der Waals surface area contributed by atoms with Gasteiger partial charge < -0.3 is 5.32 Å². The van der Waals surface area contributed by atoms with E-state index >= 15 is 0 Å². The lowest BCUT2D eigenvalue weighted by Gasteiger charge is -2.07. The van der Waals surface area contributed by atoms with Crippen molar-refractivity contribution in [2.24, 2.45) is 0 Å². The normalized spacial score (nSPS) is 10.3. The molecule has 0 heterocycles. The average molecular weight is 343 g/mol. The Balaban J connectivity index is 1.77. The molecule has 0 atom stereocenters. The van der Waals surface area contributed by atoms with E-state index in [1.807, 2.05) is 36.0 Å². The first-order valence-corrected chi connectivity index (χ1v) is 7.78. The topological polar surface area (TPSA) is 12.0 Å². The molecule has 0 radical (unpaired) electrons. The first-order chi connectivity index (χ1) is 8.75. The lowest BCUT2D eigenvalue weighted by molar-refractivity contribution is 1.22. The summed E-state index contributed by atoms with van der Waals surface area (Å²) >= 11 is 11.3. The molecule has 2 rings (SSSR count).